The van der Waals surface area contributed by atoms with Gasteiger partial charge in [-0.2, -0.15) is 0 Å². The maximum absolute atomic E-state index is 13.5. The van der Waals surface area contributed by atoms with Crippen LogP contribution in [0.3, 0.4) is 0 Å². The van der Waals surface area contributed by atoms with Gasteiger partial charge in [0, 0.05) is 17.0 Å². The number of rotatable bonds is 3. The van der Waals surface area contributed by atoms with Crippen molar-refractivity contribution >= 4 is 17.4 Å². The fourth-order valence-electron chi connectivity index (χ4n) is 1.56. The topological polar surface area (TPSA) is 57.5 Å². The molecule has 1 aliphatic heterocycles. The monoisotopic (exact) mass is 235 g/mol. The van der Waals surface area contributed by atoms with Crippen LogP contribution in [-0.4, -0.2) is 24.9 Å². The molecule has 1 aromatic carbocycles. The first-order valence-electron chi connectivity index (χ1n) is 5.52. The summed E-state index contributed by atoms with van der Waals surface area (Å²) in [5.74, 6) is -0.378. The number of amidine groups is 1. The summed E-state index contributed by atoms with van der Waals surface area (Å²) in [6.07, 6.45) is 0.498. The first kappa shape index (κ1) is 11.6. The lowest BCUT2D eigenvalue weighted by Crippen LogP contribution is -2.12. The van der Waals surface area contributed by atoms with Gasteiger partial charge in [-0.05, 0) is 24.6 Å². The lowest BCUT2D eigenvalue weighted by Gasteiger charge is -2.09. The van der Waals surface area contributed by atoms with E-state index in [2.05, 4.69) is 10.3 Å². The van der Waals surface area contributed by atoms with E-state index >= 15 is 0 Å². The molecule has 0 aromatic heterocycles. The van der Waals surface area contributed by atoms with Crippen molar-refractivity contribution in [3.05, 3.63) is 29.6 Å². The summed E-state index contributed by atoms with van der Waals surface area (Å²) in [4.78, 5) is 4.08. The van der Waals surface area contributed by atoms with Gasteiger partial charge in [-0.1, -0.05) is 6.92 Å². The molecule has 1 heterocycles. The third kappa shape index (κ3) is 2.61. The second-order valence-corrected chi connectivity index (χ2v) is 3.69. The number of ether oxygens (including phenoxy) is 1. The van der Waals surface area contributed by atoms with Crippen molar-refractivity contribution in [2.24, 2.45) is 4.99 Å². The fraction of sp³-hybridized carbons (Fsp3) is 0.333. The van der Waals surface area contributed by atoms with Crippen LogP contribution in [0.1, 0.15) is 18.9 Å². The minimum atomic E-state index is -0.378. The third-order valence-corrected chi connectivity index (χ3v) is 2.48. The molecular weight excluding hydrogens is 221 g/mol. The number of benzene rings is 1. The highest BCUT2D eigenvalue weighted by Gasteiger charge is 2.11. The molecule has 2 rings (SSSR count). The van der Waals surface area contributed by atoms with Crippen LogP contribution in [0.4, 0.5) is 10.1 Å². The summed E-state index contributed by atoms with van der Waals surface area (Å²) in [6, 6.07) is 5.00. The van der Waals surface area contributed by atoms with Gasteiger partial charge in [-0.15, -0.1) is 0 Å². The van der Waals surface area contributed by atoms with Crippen LogP contribution in [0.2, 0.25) is 0 Å². The zero-order valence-corrected chi connectivity index (χ0v) is 9.59. The molecule has 0 saturated carbocycles. The Morgan fingerprint density at radius 1 is 1.59 bits per heavy atom. The number of nitrogens with one attached hydrogen (secondary N) is 2. The molecule has 0 radical (unpaired) electrons. The van der Waals surface area contributed by atoms with E-state index in [-0.39, 0.29) is 11.5 Å². The summed E-state index contributed by atoms with van der Waals surface area (Å²) in [6.45, 7) is 3.04. The van der Waals surface area contributed by atoms with Crippen molar-refractivity contribution in [2.75, 3.05) is 18.5 Å². The SMILES string of the molecule is CCC(=N)c1cc(NC2=NCCO2)ccc1F. The highest BCUT2D eigenvalue weighted by atomic mass is 19.1. The van der Waals surface area contributed by atoms with Crippen LogP contribution < -0.4 is 5.32 Å². The molecule has 90 valence electrons. The predicted molar refractivity (Wildman–Crippen MR) is 65.4 cm³/mol. The van der Waals surface area contributed by atoms with E-state index in [1.807, 2.05) is 6.92 Å². The van der Waals surface area contributed by atoms with Crippen molar-refractivity contribution < 1.29 is 9.13 Å². The van der Waals surface area contributed by atoms with Gasteiger partial charge in [0.05, 0.1) is 6.54 Å². The predicted octanol–water partition coefficient (Wildman–Crippen LogP) is 2.40. The van der Waals surface area contributed by atoms with Crippen molar-refractivity contribution in [2.45, 2.75) is 13.3 Å². The maximum Gasteiger partial charge on any atom is 0.289 e. The Balaban J connectivity index is 2.21. The molecule has 0 spiro atoms. The van der Waals surface area contributed by atoms with Gasteiger partial charge in [0.15, 0.2) is 0 Å². The summed E-state index contributed by atoms with van der Waals surface area (Å²) in [7, 11) is 0. The first-order chi connectivity index (χ1) is 8.20. The molecule has 0 unspecified atom stereocenters. The Morgan fingerprint density at radius 3 is 3.06 bits per heavy atom. The van der Waals surface area contributed by atoms with Crippen LogP contribution in [-0.2, 0) is 4.74 Å². The average Bonchev–Trinajstić information content (AvgIpc) is 2.83. The summed E-state index contributed by atoms with van der Waals surface area (Å²) in [5, 5.41) is 10.6. The van der Waals surface area contributed by atoms with Crippen LogP contribution in [0.5, 0.6) is 0 Å². The lowest BCUT2D eigenvalue weighted by molar-refractivity contribution is 0.346. The Bertz CT molecular complexity index is 471. The number of halogens is 1. The molecule has 1 aromatic rings. The Labute approximate surface area is 99.0 Å². The van der Waals surface area contributed by atoms with Crippen LogP contribution in [0, 0.1) is 11.2 Å². The number of anilines is 1. The Kier molecular flexibility index (Phi) is 3.37. The highest BCUT2D eigenvalue weighted by Crippen LogP contribution is 2.17. The number of hydrogen-bond acceptors (Lipinski definition) is 4. The molecule has 0 atom stereocenters. The quantitative estimate of drug-likeness (QED) is 0.790. The van der Waals surface area contributed by atoms with Gasteiger partial charge in [-0.3, -0.25) is 0 Å². The summed E-state index contributed by atoms with van der Waals surface area (Å²) >= 11 is 0. The van der Waals surface area contributed by atoms with Crippen molar-refractivity contribution in [1.29, 1.82) is 5.41 Å². The molecule has 0 bridgehead atoms. The minimum Gasteiger partial charge on any atom is -0.463 e. The second kappa shape index (κ2) is 4.95. The molecule has 5 heteroatoms. The van der Waals surface area contributed by atoms with Crippen LogP contribution in [0.15, 0.2) is 23.2 Å². The van der Waals surface area contributed by atoms with E-state index in [1.54, 1.807) is 12.1 Å². The minimum absolute atomic E-state index is 0.278. The molecule has 0 saturated heterocycles. The highest BCUT2D eigenvalue weighted by molar-refractivity contribution is 6.00. The molecule has 0 amide bonds. The van der Waals surface area contributed by atoms with Gasteiger partial charge in [0.1, 0.15) is 12.4 Å². The van der Waals surface area contributed by atoms with E-state index in [1.165, 1.54) is 6.07 Å². The lowest BCUT2D eigenvalue weighted by atomic mass is 10.1. The Hall–Kier alpha value is -1.91. The van der Waals surface area contributed by atoms with Crippen LogP contribution >= 0.6 is 0 Å². The van der Waals surface area contributed by atoms with Gasteiger partial charge in [0.2, 0.25) is 0 Å². The molecule has 1 aliphatic rings. The van der Waals surface area contributed by atoms with Gasteiger partial charge in [0.25, 0.3) is 6.02 Å². The van der Waals surface area contributed by atoms with Crippen molar-refractivity contribution in [3.8, 4) is 0 Å². The van der Waals surface area contributed by atoms with Gasteiger partial charge in [-0.25, -0.2) is 9.38 Å². The van der Waals surface area contributed by atoms with Crippen LogP contribution in [0.25, 0.3) is 0 Å². The normalized spacial score (nSPS) is 14.1. The molecule has 0 fully saturated rings. The van der Waals surface area contributed by atoms with Gasteiger partial charge < -0.3 is 15.5 Å². The molecule has 0 aliphatic carbocycles. The van der Waals surface area contributed by atoms with E-state index in [0.717, 1.165) is 0 Å². The van der Waals surface area contributed by atoms with Crippen molar-refractivity contribution in [3.63, 3.8) is 0 Å². The van der Waals surface area contributed by atoms with E-state index in [9.17, 15) is 4.39 Å². The van der Waals surface area contributed by atoms with Crippen molar-refractivity contribution in [1.82, 2.24) is 0 Å². The zero-order valence-electron chi connectivity index (χ0n) is 9.59. The largest absolute Gasteiger partial charge is 0.463 e. The van der Waals surface area contributed by atoms with E-state index < -0.39 is 0 Å². The van der Waals surface area contributed by atoms with Gasteiger partial charge >= 0.3 is 0 Å². The van der Waals surface area contributed by atoms with E-state index in [4.69, 9.17) is 10.1 Å². The Morgan fingerprint density at radius 2 is 2.41 bits per heavy atom. The van der Waals surface area contributed by atoms with E-state index in [0.29, 0.717) is 36.8 Å². The molecule has 2 N–H and O–H groups in total. The smallest absolute Gasteiger partial charge is 0.289 e. The second-order valence-electron chi connectivity index (χ2n) is 3.69. The molecule has 4 nitrogen and oxygen atoms in total. The molecular formula is C12H14FN3O. The third-order valence-electron chi connectivity index (χ3n) is 2.48. The molecule has 17 heavy (non-hydrogen) atoms. The standard InChI is InChI=1S/C12H14FN3O/c1-2-11(14)9-7-8(3-4-10(9)13)16-12-15-5-6-17-12/h3-4,7,14H,2,5-6H2,1H3,(H,15,16). The summed E-state index contributed by atoms with van der Waals surface area (Å²) in [5.41, 5.74) is 1.27. The number of aliphatic imine (C=N–C) groups is 1. The first-order valence-corrected chi connectivity index (χ1v) is 5.52. The number of nitrogens with zero attached hydrogens (tertiary/aromatic N) is 1. The fourth-order valence-corrected chi connectivity index (χ4v) is 1.56. The number of hydrogen-bond donors (Lipinski definition) is 2. The average molecular weight is 235 g/mol. The maximum atomic E-state index is 13.5. The zero-order chi connectivity index (χ0) is 12.3. The summed E-state index contributed by atoms with van der Waals surface area (Å²) < 4.78 is 18.7.